The Morgan fingerprint density at radius 2 is 1.90 bits per heavy atom. The molecule has 0 spiro atoms. The molecule has 1 aromatic rings. The maximum atomic E-state index is 4.37. The maximum Gasteiger partial charge on any atom is 0.147 e. The van der Waals surface area contributed by atoms with Gasteiger partial charge in [-0.25, -0.2) is 4.98 Å². The summed E-state index contributed by atoms with van der Waals surface area (Å²) in [4.78, 5) is 12.9. The molecular weight excluding hydrogens is 248 g/mol. The molecule has 1 heterocycles. The van der Waals surface area contributed by atoms with Crippen LogP contribution in [0.5, 0.6) is 0 Å². The molecule has 20 heavy (non-hydrogen) atoms. The fourth-order valence-corrected chi connectivity index (χ4v) is 2.62. The van der Waals surface area contributed by atoms with Crippen molar-refractivity contribution in [2.24, 2.45) is 5.92 Å². The number of hydrogen-bond donors (Lipinski definition) is 0. The molecule has 0 amide bonds. The molecule has 0 bridgehead atoms. The Balaban J connectivity index is 1.83. The molecule has 0 radical (unpaired) electrons. The zero-order valence-electron chi connectivity index (χ0n) is 12.7. The van der Waals surface area contributed by atoms with Crippen molar-refractivity contribution in [2.45, 2.75) is 31.7 Å². The van der Waals surface area contributed by atoms with Gasteiger partial charge in [-0.05, 0) is 39.8 Å². The third kappa shape index (κ3) is 4.21. The van der Waals surface area contributed by atoms with Gasteiger partial charge in [0.25, 0.3) is 0 Å². The highest BCUT2D eigenvalue weighted by Crippen LogP contribution is 2.28. The van der Waals surface area contributed by atoms with Crippen LogP contribution >= 0.6 is 0 Å². The molecule has 4 heteroatoms. The predicted octanol–water partition coefficient (Wildman–Crippen LogP) is 2.04. The Hall–Kier alpha value is -1.60. The number of hydrogen-bond acceptors (Lipinski definition) is 4. The van der Waals surface area contributed by atoms with Gasteiger partial charge in [0.2, 0.25) is 0 Å². The molecule has 0 aliphatic heterocycles. The summed E-state index contributed by atoms with van der Waals surface area (Å²) in [6.45, 7) is 0.861. The third-order valence-corrected chi connectivity index (χ3v) is 3.86. The van der Waals surface area contributed by atoms with E-state index in [0.717, 1.165) is 12.4 Å². The van der Waals surface area contributed by atoms with Crippen LogP contribution in [0, 0.1) is 17.8 Å². The Kier molecular flexibility index (Phi) is 5.37. The highest BCUT2D eigenvalue weighted by molar-refractivity contribution is 5.35. The summed E-state index contributed by atoms with van der Waals surface area (Å²) >= 11 is 0. The zero-order chi connectivity index (χ0) is 14.4. The van der Waals surface area contributed by atoms with E-state index in [-0.39, 0.29) is 0 Å². The summed E-state index contributed by atoms with van der Waals surface area (Å²) in [5.74, 6) is 8.22. The summed E-state index contributed by atoms with van der Waals surface area (Å²) in [5.41, 5.74) is 0. The van der Waals surface area contributed by atoms with Crippen molar-refractivity contribution in [1.29, 1.82) is 0 Å². The van der Waals surface area contributed by atoms with E-state index in [2.05, 4.69) is 52.8 Å². The highest BCUT2D eigenvalue weighted by atomic mass is 15.2. The van der Waals surface area contributed by atoms with Gasteiger partial charge in [0, 0.05) is 31.4 Å². The van der Waals surface area contributed by atoms with Gasteiger partial charge in [-0.3, -0.25) is 9.88 Å². The molecule has 0 aromatic carbocycles. The first kappa shape index (κ1) is 14.8. The minimum absolute atomic E-state index is 0.568. The van der Waals surface area contributed by atoms with Gasteiger partial charge in [-0.1, -0.05) is 11.8 Å². The number of aromatic nitrogens is 2. The van der Waals surface area contributed by atoms with Crippen molar-refractivity contribution in [2.75, 3.05) is 32.6 Å². The number of anilines is 1. The van der Waals surface area contributed by atoms with Crippen LogP contribution in [0.2, 0.25) is 0 Å². The summed E-state index contributed by atoms with van der Waals surface area (Å²) < 4.78 is 0. The highest BCUT2D eigenvalue weighted by Gasteiger charge is 2.23. The quantitative estimate of drug-likeness (QED) is 0.788. The zero-order valence-corrected chi connectivity index (χ0v) is 12.7. The Morgan fingerprint density at radius 3 is 2.50 bits per heavy atom. The number of rotatable bonds is 3. The van der Waals surface area contributed by atoms with E-state index in [0.29, 0.717) is 12.0 Å². The average molecular weight is 272 g/mol. The van der Waals surface area contributed by atoms with E-state index < -0.39 is 0 Å². The molecule has 1 aromatic heterocycles. The number of nitrogens with zero attached hydrogens (tertiary/aromatic N) is 4. The second-order valence-electron chi connectivity index (χ2n) is 5.74. The van der Waals surface area contributed by atoms with Crippen LogP contribution in [0.4, 0.5) is 5.82 Å². The van der Waals surface area contributed by atoms with Crippen LogP contribution in [0.25, 0.3) is 0 Å². The SMILES string of the molecule is CN(C)CC#C[C@H]1CC[C@H](N(C)c2cnccn2)CC1. The fourth-order valence-electron chi connectivity index (χ4n) is 2.62. The third-order valence-electron chi connectivity index (χ3n) is 3.86. The summed E-state index contributed by atoms with van der Waals surface area (Å²) in [5, 5.41) is 0. The van der Waals surface area contributed by atoms with E-state index in [9.17, 15) is 0 Å². The minimum Gasteiger partial charge on any atom is -0.355 e. The second kappa shape index (κ2) is 7.25. The van der Waals surface area contributed by atoms with Crippen molar-refractivity contribution >= 4 is 5.82 Å². The molecule has 0 N–H and O–H groups in total. The van der Waals surface area contributed by atoms with Crippen LogP contribution in [0.3, 0.4) is 0 Å². The van der Waals surface area contributed by atoms with Gasteiger partial charge in [0.15, 0.2) is 0 Å². The molecule has 1 fully saturated rings. The first-order chi connectivity index (χ1) is 9.66. The lowest BCUT2D eigenvalue weighted by Gasteiger charge is -2.33. The summed E-state index contributed by atoms with van der Waals surface area (Å²) in [7, 11) is 6.23. The fraction of sp³-hybridized carbons (Fsp3) is 0.625. The normalized spacial score (nSPS) is 22.2. The van der Waals surface area contributed by atoms with Crippen molar-refractivity contribution in [1.82, 2.24) is 14.9 Å². The second-order valence-corrected chi connectivity index (χ2v) is 5.74. The van der Waals surface area contributed by atoms with E-state index in [1.54, 1.807) is 12.4 Å². The van der Waals surface area contributed by atoms with Gasteiger partial charge in [-0.2, -0.15) is 0 Å². The molecule has 4 nitrogen and oxygen atoms in total. The lowest BCUT2D eigenvalue weighted by molar-refractivity contribution is 0.373. The molecule has 1 saturated carbocycles. The largest absolute Gasteiger partial charge is 0.355 e. The van der Waals surface area contributed by atoms with Crippen molar-refractivity contribution in [3.63, 3.8) is 0 Å². The first-order valence-electron chi connectivity index (χ1n) is 7.29. The molecular formula is C16H24N4. The maximum absolute atomic E-state index is 4.37. The minimum atomic E-state index is 0.568. The van der Waals surface area contributed by atoms with Gasteiger partial charge in [0.1, 0.15) is 5.82 Å². The average Bonchev–Trinajstić information content (AvgIpc) is 2.48. The Bertz CT molecular complexity index is 452. The van der Waals surface area contributed by atoms with E-state index in [4.69, 9.17) is 0 Å². The molecule has 0 atom stereocenters. The monoisotopic (exact) mass is 272 g/mol. The van der Waals surface area contributed by atoms with Crippen LogP contribution in [-0.2, 0) is 0 Å². The van der Waals surface area contributed by atoms with E-state index in [1.807, 2.05) is 6.20 Å². The van der Waals surface area contributed by atoms with Crippen molar-refractivity contribution in [3.8, 4) is 11.8 Å². The lowest BCUT2D eigenvalue weighted by Crippen LogP contribution is -2.35. The van der Waals surface area contributed by atoms with Crippen LogP contribution < -0.4 is 4.90 Å². The van der Waals surface area contributed by atoms with Crippen LogP contribution in [0.1, 0.15) is 25.7 Å². The van der Waals surface area contributed by atoms with E-state index >= 15 is 0 Å². The molecule has 0 unspecified atom stereocenters. The molecule has 1 aliphatic carbocycles. The van der Waals surface area contributed by atoms with Crippen molar-refractivity contribution < 1.29 is 0 Å². The first-order valence-corrected chi connectivity index (χ1v) is 7.29. The molecule has 1 aliphatic rings. The van der Waals surface area contributed by atoms with Gasteiger partial charge in [-0.15, -0.1) is 0 Å². The van der Waals surface area contributed by atoms with E-state index in [1.165, 1.54) is 25.7 Å². The lowest BCUT2D eigenvalue weighted by atomic mass is 9.86. The van der Waals surface area contributed by atoms with Crippen LogP contribution in [0.15, 0.2) is 18.6 Å². The summed E-state index contributed by atoms with van der Waals surface area (Å²) in [6, 6.07) is 0.568. The van der Waals surface area contributed by atoms with Crippen LogP contribution in [-0.4, -0.2) is 48.6 Å². The summed E-state index contributed by atoms with van der Waals surface area (Å²) in [6.07, 6.45) is 10.1. The molecule has 108 valence electrons. The molecule has 2 rings (SSSR count). The van der Waals surface area contributed by atoms with Crippen molar-refractivity contribution in [3.05, 3.63) is 18.6 Å². The van der Waals surface area contributed by atoms with Gasteiger partial charge < -0.3 is 4.90 Å². The smallest absolute Gasteiger partial charge is 0.147 e. The van der Waals surface area contributed by atoms with Gasteiger partial charge in [0.05, 0.1) is 12.7 Å². The molecule has 0 saturated heterocycles. The Morgan fingerprint density at radius 1 is 1.15 bits per heavy atom. The standard InChI is InChI=1S/C16H24N4/c1-19(2)12-4-5-14-6-8-15(9-7-14)20(3)16-13-17-10-11-18-16/h10-11,13-15H,6-9,12H2,1-3H3/t14-,15-. The van der Waals surface area contributed by atoms with Gasteiger partial charge >= 0.3 is 0 Å². The topological polar surface area (TPSA) is 32.3 Å². The predicted molar refractivity (Wildman–Crippen MR) is 82.5 cm³/mol. The Labute approximate surface area is 122 Å².